The van der Waals surface area contributed by atoms with Gasteiger partial charge in [-0.1, -0.05) is 30.0 Å². The van der Waals surface area contributed by atoms with Crippen molar-refractivity contribution in [1.29, 1.82) is 0 Å². The van der Waals surface area contributed by atoms with Crippen LogP contribution in [0.1, 0.15) is 36.2 Å². The normalized spacial score (nSPS) is 11.1. The molecular weight excluding hydrogens is 391 g/mol. The van der Waals surface area contributed by atoms with Crippen molar-refractivity contribution < 1.29 is 18.7 Å². The van der Waals surface area contributed by atoms with E-state index in [0.29, 0.717) is 36.7 Å². The standard InChI is InChI=1S/C22H25FN2O3S/c1-3-27-13-7-12-25-20-11-10-16(21(26)28-4-2)14-19(20)24-22(25)29-15-17-8-5-6-9-18(17)23/h5-6,8-11,14H,3-4,7,12-13,15H2,1-2H3. The second-order valence-corrected chi connectivity index (χ2v) is 7.34. The number of nitrogens with zero attached hydrogens (tertiary/aromatic N) is 2. The number of hydrogen-bond acceptors (Lipinski definition) is 5. The fourth-order valence-electron chi connectivity index (χ4n) is 3.00. The van der Waals surface area contributed by atoms with Gasteiger partial charge in [-0.25, -0.2) is 14.2 Å². The highest BCUT2D eigenvalue weighted by Gasteiger charge is 2.15. The monoisotopic (exact) mass is 416 g/mol. The average Bonchev–Trinajstić information content (AvgIpc) is 3.07. The van der Waals surface area contributed by atoms with E-state index in [2.05, 4.69) is 4.57 Å². The van der Waals surface area contributed by atoms with E-state index in [0.717, 1.165) is 29.2 Å². The zero-order valence-electron chi connectivity index (χ0n) is 16.7. The SMILES string of the molecule is CCOCCCn1c(SCc2ccccc2F)nc2cc(C(=O)OCC)ccc21. The summed E-state index contributed by atoms with van der Waals surface area (Å²) in [6.07, 6.45) is 0.839. The van der Waals surface area contributed by atoms with Crippen LogP contribution in [0.25, 0.3) is 11.0 Å². The molecule has 0 bridgehead atoms. The quantitative estimate of drug-likeness (QED) is 0.262. The first-order valence-corrected chi connectivity index (χ1v) is 10.7. The van der Waals surface area contributed by atoms with E-state index < -0.39 is 0 Å². The van der Waals surface area contributed by atoms with Crippen LogP contribution in [0.2, 0.25) is 0 Å². The van der Waals surface area contributed by atoms with E-state index in [1.165, 1.54) is 17.8 Å². The van der Waals surface area contributed by atoms with E-state index in [1.807, 2.05) is 19.1 Å². The van der Waals surface area contributed by atoms with Crippen LogP contribution in [-0.2, 0) is 21.8 Å². The number of hydrogen-bond donors (Lipinski definition) is 0. The Bertz CT molecular complexity index is 974. The first-order valence-electron chi connectivity index (χ1n) is 9.75. The Balaban J connectivity index is 1.87. The zero-order chi connectivity index (χ0) is 20.6. The van der Waals surface area contributed by atoms with Crippen molar-refractivity contribution in [3.05, 3.63) is 59.4 Å². The molecule has 0 fully saturated rings. The fraction of sp³-hybridized carbons (Fsp3) is 0.364. The summed E-state index contributed by atoms with van der Waals surface area (Å²) in [5, 5.41) is 0.792. The molecule has 1 aromatic heterocycles. The molecule has 3 rings (SSSR count). The molecule has 0 aliphatic heterocycles. The van der Waals surface area contributed by atoms with Gasteiger partial charge in [-0.3, -0.25) is 0 Å². The van der Waals surface area contributed by atoms with E-state index in [9.17, 15) is 9.18 Å². The molecule has 1 heterocycles. The topological polar surface area (TPSA) is 53.4 Å². The fourth-order valence-corrected chi connectivity index (χ4v) is 4.03. The summed E-state index contributed by atoms with van der Waals surface area (Å²) in [7, 11) is 0. The maximum absolute atomic E-state index is 14.0. The molecule has 0 atom stereocenters. The number of halogens is 1. The van der Waals surface area contributed by atoms with Gasteiger partial charge in [0.25, 0.3) is 0 Å². The van der Waals surface area contributed by atoms with Crippen LogP contribution in [0.5, 0.6) is 0 Å². The van der Waals surface area contributed by atoms with Crippen molar-refractivity contribution in [1.82, 2.24) is 9.55 Å². The number of imidazole rings is 1. The minimum atomic E-state index is -0.360. The van der Waals surface area contributed by atoms with Gasteiger partial charge in [-0.2, -0.15) is 0 Å². The van der Waals surface area contributed by atoms with Gasteiger partial charge in [0.2, 0.25) is 0 Å². The van der Waals surface area contributed by atoms with Crippen LogP contribution in [0.4, 0.5) is 4.39 Å². The summed E-state index contributed by atoms with van der Waals surface area (Å²) in [6, 6.07) is 12.2. The van der Waals surface area contributed by atoms with Crippen molar-refractivity contribution >= 4 is 28.8 Å². The van der Waals surface area contributed by atoms with Gasteiger partial charge in [0, 0.05) is 25.5 Å². The Morgan fingerprint density at radius 1 is 1.17 bits per heavy atom. The number of rotatable bonds is 10. The lowest BCUT2D eigenvalue weighted by Crippen LogP contribution is -2.05. The molecule has 2 aromatic carbocycles. The maximum atomic E-state index is 14.0. The van der Waals surface area contributed by atoms with Crippen molar-refractivity contribution in [2.24, 2.45) is 0 Å². The molecule has 0 saturated carbocycles. The van der Waals surface area contributed by atoms with Gasteiger partial charge in [-0.15, -0.1) is 0 Å². The predicted molar refractivity (Wildman–Crippen MR) is 113 cm³/mol. The van der Waals surface area contributed by atoms with Gasteiger partial charge >= 0.3 is 5.97 Å². The van der Waals surface area contributed by atoms with Crippen LogP contribution < -0.4 is 0 Å². The van der Waals surface area contributed by atoms with Crippen molar-refractivity contribution in [3.63, 3.8) is 0 Å². The van der Waals surface area contributed by atoms with Crippen LogP contribution in [0.3, 0.4) is 0 Å². The number of carbonyl (C=O) groups excluding carboxylic acids is 1. The number of aromatic nitrogens is 2. The first kappa shape index (κ1) is 21.3. The van der Waals surface area contributed by atoms with Crippen molar-refractivity contribution in [2.45, 2.75) is 37.7 Å². The molecule has 0 amide bonds. The lowest BCUT2D eigenvalue weighted by molar-refractivity contribution is 0.0526. The van der Waals surface area contributed by atoms with Gasteiger partial charge in [0.05, 0.1) is 23.2 Å². The van der Waals surface area contributed by atoms with Crippen LogP contribution >= 0.6 is 11.8 Å². The van der Waals surface area contributed by atoms with Gasteiger partial charge < -0.3 is 14.0 Å². The number of benzene rings is 2. The van der Waals surface area contributed by atoms with Crippen LogP contribution in [0.15, 0.2) is 47.6 Å². The number of thioether (sulfide) groups is 1. The molecule has 29 heavy (non-hydrogen) atoms. The van der Waals surface area contributed by atoms with E-state index in [-0.39, 0.29) is 11.8 Å². The Labute approximate surface area is 174 Å². The Morgan fingerprint density at radius 3 is 2.76 bits per heavy atom. The summed E-state index contributed by atoms with van der Waals surface area (Å²) in [4.78, 5) is 16.8. The molecule has 0 unspecified atom stereocenters. The molecular formula is C22H25FN2O3S. The summed E-state index contributed by atoms with van der Waals surface area (Å²) in [5.74, 6) is -0.101. The molecule has 7 heteroatoms. The number of esters is 1. The molecule has 0 aliphatic carbocycles. The van der Waals surface area contributed by atoms with E-state index in [4.69, 9.17) is 14.5 Å². The van der Waals surface area contributed by atoms with Gasteiger partial charge in [-0.05, 0) is 50.1 Å². The molecule has 5 nitrogen and oxygen atoms in total. The number of ether oxygens (including phenoxy) is 2. The van der Waals surface area contributed by atoms with Gasteiger partial charge in [0.1, 0.15) is 5.82 Å². The number of carbonyl (C=O) groups is 1. The van der Waals surface area contributed by atoms with Crippen molar-refractivity contribution in [3.8, 4) is 0 Å². The second-order valence-electron chi connectivity index (χ2n) is 6.40. The predicted octanol–water partition coefficient (Wildman–Crippen LogP) is 5.07. The van der Waals surface area contributed by atoms with Crippen LogP contribution in [-0.4, -0.2) is 35.3 Å². The van der Waals surface area contributed by atoms with Gasteiger partial charge in [0.15, 0.2) is 5.16 Å². The van der Waals surface area contributed by atoms with Crippen molar-refractivity contribution in [2.75, 3.05) is 19.8 Å². The molecule has 0 radical (unpaired) electrons. The Kier molecular flexibility index (Phi) is 7.66. The molecule has 154 valence electrons. The summed E-state index contributed by atoms with van der Waals surface area (Å²) in [6.45, 7) is 6.15. The Hall–Kier alpha value is -2.38. The third kappa shape index (κ3) is 5.36. The largest absolute Gasteiger partial charge is 0.462 e. The lowest BCUT2D eigenvalue weighted by Gasteiger charge is -2.09. The lowest BCUT2D eigenvalue weighted by atomic mass is 10.2. The third-order valence-corrected chi connectivity index (χ3v) is 5.44. The Morgan fingerprint density at radius 2 is 2.00 bits per heavy atom. The first-order chi connectivity index (χ1) is 14.1. The summed E-state index contributed by atoms with van der Waals surface area (Å²) >= 11 is 1.48. The van der Waals surface area contributed by atoms with E-state index >= 15 is 0 Å². The minimum absolute atomic E-state index is 0.219. The third-order valence-electron chi connectivity index (χ3n) is 4.41. The zero-order valence-corrected chi connectivity index (χ0v) is 17.5. The summed E-state index contributed by atoms with van der Waals surface area (Å²) in [5.41, 5.74) is 2.77. The van der Waals surface area contributed by atoms with E-state index in [1.54, 1.807) is 31.2 Å². The second kappa shape index (κ2) is 10.4. The smallest absolute Gasteiger partial charge is 0.338 e. The molecule has 3 aromatic rings. The number of aryl methyl sites for hydroxylation is 1. The average molecular weight is 417 g/mol. The highest BCUT2D eigenvalue weighted by Crippen LogP contribution is 2.28. The molecule has 0 aliphatic rings. The summed E-state index contributed by atoms with van der Waals surface area (Å²) < 4.78 is 26.6. The molecule has 0 N–H and O–H groups in total. The minimum Gasteiger partial charge on any atom is -0.462 e. The highest BCUT2D eigenvalue weighted by atomic mass is 32.2. The maximum Gasteiger partial charge on any atom is 0.338 e. The highest BCUT2D eigenvalue weighted by molar-refractivity contribution is 7.98. The number of fused-ring (bicyclic) bond motifs is 1. The van der Waals surface area contributed by atoms with Crippen LogP contribution in [0, 0.1) is 5.82 Å². The molecule has 0 spiro atoms. The molecule has 0 saturated heterocycles.